The first-order valence-electron chi connectivity index (χ1n) is 6.76. The Labute approximate surface area is 112 Å². The van der Waals surface area contributed by atoms with Crippen LogP contribution in [-0.2, 0) is 9.53 Å². The van der Waals surface area contributed by atoms with Crippen LogP contribution in [0.3, 0.4) is 0 Å². The van der Waals surface area contributed by atoms with Gasteiger partial charge in [-0.3, -0.25) is 9.69 Å². The zero-order chi connectivity index (χ0) is 13.9. The first kappa shape index (κ1) is 12.7. The van der Waals surface area contributed by atoms with E-state index in [2.05, 4.69) is 10.6 Å². The molecule has 3 rings (SSSR count). The van der Waals surface area contributed by atoms with Gasteiger partial charge in [-0.15, -0.1) is 0 Å². The lowest BCUT2D eigenvalue weighted by Gasteiger charge is -2.44. The van der Waals surface area contributed by atoms with Gasteiger partial charge in [-0.05, 0) is 27.2 Å². The molecule has 0 bridgehead atoms. The van der Waals surface area contributed by atoms with Crippen molar-refractivity contribution in [3.05, 3.63) is 0 Å². The molecular formula is C13H21N3O3. The Balaban J connectivity index is 1.82. The number of hydrogen-bond donors (Lipinski definition) is 2. The van der Waals surface area contributed by atoms with Gasteiger partial charge in [0.15, 0.2) is 0 Å². The van der Waals surface area contributed by atoms with Crippen molar-refractivity contribution in [2.24, 2.45) is 5.41 Å². The van der Waals surface area contributed by atoms with Crippen LogP contribution in [0, 0.1) is 5.41 Å². The van der Waals surface area contributed by atoms with Crippen LogP contribution in [0.25, 0.3) is 0 Å². The number of rotatable bonds is 0. The first-order valence-corrected chi connectivity index (χ1v) is 6.76. The molecular weight excluding hydrogens is 246 g/mol. The maximum Gasteiger partial charge on any atom is 0.411 e. The number of amides is 2. The number of β-lactam (4-membered cyclic amide) rings is 1. The van der Waals surface area contributed by atoms with E-state index in [-0.39, 0.29) is 17.4 Å². The second kappa shape index (κ2) is 3.62. The molecule has 1 unspecified atom stereocenters. The summed E-state index contributed by atoms with van der Waals surface area (Å²) < 4.78 is 5.45. The molecule has 3 heterocycles. The summed E-state index contributed by atoms with van der Waals surface area (Å²) >= 11 is 0. The highest BCUT2D eigenvalue weighted by Gasteiger charge is 2.65. The molecule has 0 aromatic carbocycles. The molecule has 2 spiro atoms. The van der Waals surface area contributed by atoms with Crippen LogP contribution in [0.15, 0.2) is 0 Å². The van der Waals surface area contributed by atoms with Crippen molar-refractivity contribution >= 4 is 12.0 Å². The number of carbonyl (C=O) groups is 2. The van der Waals surface area contributed by atoms with E-state index >= 15 is 0 Å². The zero-order valence-electron chi connectivity index (χ0n) is 11.7. The van der Waals surface area contributed by atoms with Crippen LogP contribution in [0.5, 0.6) is 0 Å². The van der Waals surface area contributed by atoms with Crippen LogP contribution < -0.4 is 10.6 Å². The third-order valence-corrected chi connectivity index (χ3v) is 4.26. The predicted molar refractivity (Wildman–Crippen MR) is 68.6 cm³/mol. The molecule has 3 fully saturated rings. The summed E-state index contributed by atoms with van der Waals surface area (Å²) in [7, 11) is 0. The maximum atomic E-state index is 12.3. The van der Waals surface area contributed by atoms with Crippen LogP contribution in [0.4, 0.5) is 4.79 Å². The summed E-state index contributed by atoms with van der Waals surface area (Å²) in [5.41, 5.74) is -1.13. The zero-order valence-corrected chi connectivity index (χ0v) is 11.7. The molecule has 6 nitrogen and oxygen atoms in total. The minimum atomic E-state index is -0.662. The summed E-state index contributed by atoms with van der Waals surface area (Å²) in [4.78, 5) is 26.0. The van der Waals surface area contributed by atoms with E-state index in [1.165, 1.54) is 0 Å². The standard InChI is InChI=1S/C13H21N3O3/c1-11(2,3)19-10(18)16-8-12(5-14-6-12)4-13(16)7-15-9(13)17/h14H,4-8H2,1-3H3,(H,15,17). The van der Waals surface area contributed by atoms with Crippen molar-refractivity contribution in [3.63, 3.8) is 0 Å². The molecule has 0 saturated carbocycles. The highest BCUT2D eigenvalue weighted by Crippen LogP contribution is 2.47. The molecule has 3 aliphatic heterocycles. The fourth-order valence-corrected chi connectivity index (χ4v) is 3.26. The third-order valence-electron chi connectivity index (χ3n) is 4.26. The monoisotopic (exact) mass is 267 g/mol. The van der Waals surface area contributed by atoms with Gasteiger partial charge in [-0.2, -0.15) is 0 Å². The second-order valence-corrected chi connectivity index (χ2v) is 7.06. The Morgan fingerprint density at radius 2 is 2.00 bits per heavy atom. The summed E-state index contributed by atoms with van der Waals surface area (Å²) in [5, 5.41) is 6.01. The summed E-state index contributed by atoms with van der Waals surface area (Å²) in [6.45, 7) is 8.44. The van der Waals surface area contributed by atoms with E-state index in [4.69, 9.17) is 4.74 Å². The number of carbonyl (C=O) groups excluding carboxylic acids is 2. The number of ether oxygens (including phenoxy) is 1. The SMILES string of the molecule is CC(C)(C)OC(=O)N1CC2(CNC2)CC12CNC2=O. The lowest BCUT2D eigenvalue weighted by Crippen LogP contribution is -2.72. The van der Waals surface area contributed by atoms with Crippen molar-refractivity contribution in [3.8, 4) is 0 Å². The van der Waals surface area contributed by atoms with Gasteiger partial charge in [0.2, 0.25) is 5.91 Å². The van der Waals surface area contributed by atoms with E-state index in [9.17, 15) is 9.59 Å². The normalized spacial score (nSPS) is 31.9. The Morgan fingerprint density at radius 1 is 1.32 bits per heavy atom. The average Bonchev–Trinajstić information content (AvgIpc) is 2.63. The fraction of sp³-hybridized carbons (Fsp3) is 0.846. The highest BCUT2D eigenvalue weighted by atomic mass is 16.6. The summed E-state index contributed by atoms with van der Waals surface area (Å²) in [6.07, 6.45) is 0.379. The van der Waals surface area contributed by atoms with E-state index in [1.54, 1.807) is 4.90 Å². The predicted octanol–water partition coefficient (Wildman–Crippen LogP) is 0.0854. The van der Waals surface area contributed by atoms with Gasteiger partial charge in [-0.1, -0.05) is 0 Å². The molecule has 3 aliphatic rings. The summed E-state index contributed by atoms with van der Waals surface area (Å²) in [5.74, 6) is -0.0397. The quantitative estimate of drug-likeness (QED) is 0.610. The molecule has 3 saturated heterocycles. The minimum Gasteiger partial charge on any atom is -0.444 e. The van der Waals surface area contributed by atoms with Crippen LogP contribution in [0.1, 0.15) is 27.2 Å². The number of hydrogen-bond acceptors (Lipinski definition) is 4. The lowest BCUT2D eigenvalue weighted by molar-refractivity contribution is -0.140. The molecule has 2 amide bonds. The van der Waals surface area contributed by atoms with Gasteiger partial charge >= 0.3 is 6.09 Å². The largest absolute Gasteiger partial charge is 0.444 e. The first-order chi connectivity index (χ1) is 8.77. The van der Waals surface area contributed by atoms with Gasteiger partial charge in [-0.25, -0.2) is 4.79 Å². The van der Waals surface area contributed by atoms with Crippen molar-refractivity contribution in [2.45, 2.75) is 38.3 Å². The van der Waals surface area contributed by atoms with Crippen LogP contribution in [-0.4, -0.2) is 54.2 Å². The van der Waals surface area contributed by atoms with E-state index in [0.717, 1.165) is 19.5 Å². The Morgan fingerprint density at radius 3 is 2.37 bits per heavy atom. The lowest BCUT2D eigenvalue weighted by atomic mass is 9.74. The Bertz CT molecular complexity index is 439. The number of likely N-dealkylation sites (tertiary alicyclic amines) is 1. The molecule has 0 aromatic heterocycles. The van der Waals surface area contributed by atoms with Gasteiger partial charge in [0.05, 0.1) is 6.54 Å². The van der Waals surface area contributed by atoms with E-state index < -0.39 is 11.1 Å². The van der Waals surface area contributed by atoms with Gasteiger partial charge < -0.3 is 15.4 Å². The van der Waals surface area contributed by atoms with E-state index in [1.807, 2.05) is 20.8 Å². The van der Waals surface area contributed by atoms with Gasteiger partial charge in [0.25, 0.3) is 0 Å². The molecule has 2 N–H and O–H groups in total. The van der Waals surface area contributed by atoms with Gasteiger partial charge in [0.1, 0.15) is 11.1 Å². The maximum absolute atomic E-state index is 12.3. The number of nitrogens with zero attached hydrogens (tertiary/aromatic N) is 1. The Kier molecular flexibility index (Phi) is 2.43. The molecule has 106 valence electrons. The molecule has 0 aromatic rings. The second-order valence-electron chi connectivity index (χ2n) is 7.06. The molecule has 0 radical (unpaired) electrons. The van der Waals surface area contributed by atoms with E-state index in [0.29, 0.717) is 13.1 Å². The van der Waals surface area contributed by atoms with Crippen LogP contribution in [0.2, 0.25) is 0 Å². The third kappa shape index (κ3) is 1.81. The molecule has 1 atom stereocenters. The Hall–Kier alpha value is -1.30. The molecule has 0 aliphatic carbocycles. The highest BCUT2D eigenvalue weighted by molar-refractivity contribution is 5.96. The van der Waals surface area contributed by atoms with Gasteiger partial charge in [0, 0.05) is 25.0 Å². The molecule has 6 heteroatoms. The molecule has 19 heavy (non-hydrogen) atoms. The van der Waals surface area contributed by atoms with Crippen molar-refractivity contribution in [1.29, 1.82) is 0 Å². The average molecular weight is 267 g/mol. The number of nitrogens with one attached hydrogen (secondary N) is 2. The summed E-state index contributed by atoms with van der Waals surface area (Å²) in [6, 6.07) is 0. The van der Waals surface area contributed by atoms with Crippen molar-refractivity contribution in [1.82, 2.24) is 15.5 Å². The smallest absolute Gasteiger partial charge is 0.411 e. The van der Waals surface area contributed by atoms with Crippen molar-refractivity contribution in [2.75, 3.05) is 26.2 Å². The van der Waals surface area contributed by atoms with Crippen molar-refractivity contribution < 1.29 is 14.3 Å². The minimum absolute atomic E-state index is 0.0397. The fourth-order valence-electron chi connectivity index (χ4n) is 3.26. The van der Waals surface area contributed by atoms with Crippen LogP contribution >= 0.6 is 0 Å². The topological polar surface area (TPSA) is 70.7 Å².